The van der Waals surface area contributed by atoms with Crippen molar-refractivity contribution in [2.24, 2.45) is 0 Å². The average Bonchev–Trinajstić information content (AvgIpc) is 2.56. The second-order valence-electron chi connectivity index (χ2n) is 4.52. The largest absolute Gasteiger partial charge is 0.497 e. The lowest BCUT2D eigenvalue weighted by Crippen LogP contribution is -2.24. The third-order valence-corrected chi connectivity index (χ3v) is 3.38. The number of hydrogen-bond acceptors (Lipinski definition) is 3. The van der Waals surface area contributed by atoms with Crippen molar-refractivity contribution < 1.29 is 14.3 Å². The molecule has 0 saturated carbocycles. The first-order valence-electron chi connectivity index (χ1n) is 6.84. The van der Waals surface area contributed by atoms with Crippen LogP contribution in [0, 0.1) is 0 Å². The molecule has 2 N–H and O–H groups in total. The molecule has 0 heterocycles. The van der Waals surface area contributed by atoms with Crippen molar-refractivity contribution in [1.82, 2.24) is 5.32 Å². The summed E-state index contributed by atoms with van der Waals surface area (Å²) in [6.45, 7) is 0. The maximum absolute atomic E-state index is 12.0. The van der Waals surface area contributed by atoms with E-state index in [-0.39, 0.29) is 0 Å². The Kier molecular flexibility index (Phi) is 5.88. The Morgan fingerprint density at radius 2 is 1.91 bits per heavy atom. The van der Waals surface area contributed by atoms with Crippen LogP contribution in [0.15, 0.2) is 48.7 Å². The molecule has 120 valence electrons. The smallest absolute Gasteiger partial charge is 0.323 e. The number of amides is 2. The lowest BCUT2D eigenvalue weighted by atomic mass is 10.2. The highest BCUT2D eigenvalue weighted by Crippen LogP contribution is 2.28. The number of carbonyl (C=O) groups is 1. The number of urea groups is 1. The van der Waals surface area contributed by atoms with Gasteiger partial charge in [-0.2, -0.15) is 0 Å². The molecule has 0 aromatic heterocycles. The molecule has 0 bridgehead atoms. The molecule has 0 fully saturated rings. The number of nitrogens with one attached hydrogen (secondary N) is 2. The monoisotopic (exact) mass is 332 g/mol. The van der Waals surface area contributed by atoms with Gasteiger partial charge in [-0.25, -0.2) is 4.79 Å². The quantitative estimate of drug-likeness (QED) is 0.864. The van der Waals surface area contributed by atoms with Crippen molar-refractivity contribution in [3.63, 3.8) is 0 Å². The Bertz CT molecular complexity index is 717. The van der Waals surface area contributed by atoms with Crippen molar-refractivity contribution in [1.29, 1.82) is 0 Å². The Morgan fingerprint density at radius 1 is 1.13 bits per heavy atom. The summed E-state index contributed by atoms with van der Waals surface area (Å²) >= 11 is 6.03. The van der Waals surface area contributed by atoms with E-state index in [1.165, 1.54) is 13.3 Å². The lowest BCUT2D eigenvalue weighted by Gasteiger charge is -2.11. The number of anilines is 1. The molecular formula is C17H17ClN2O3. The van der Waals surface area contributed by atoms with Gasteiger partial charge in [0.15, 0.2) is 0 Å². The predicted octanol–water partition coefficient (Wildman–Crippen LogP) is 4.15. The van der Waals surface area contributed by atoms with Crippen molar-refractivity contribution in [3.05, 3.63) is 59.3 Å². The molecule has 2 aromatic carbocycles. The van der Waals surface area contributed by atoms with E-state index in [0.29, 0.717) is 22.2 Å². The first-order chi connectivity index (χ1) is 11.1. The summed E-state index contributed by atoms with van der Waals surface area (Å²) in [6, 6.07) is 12.1. The second kappa shape index (κ2) is 8.10. The van der Waals surface area contributed by atoms with Gasteiger partial charge in [0.2, 0.25) is 0 Å². The normalized spacial score (nSPS) is 10.4. The molecule has 5 nitrogen and oxygen atoms in total. The molecule has 0 saturated heterocycles. The first-order valence-corrected chi connectivity index (χ1v) is 7.22. The third-order valence-electron chi connectivity index (χ3n) is 3.04. The van der Waals surface area contributed by atoms with Crippen LogP contribution < -0.4 is 20.1 Å². The van der Waals surface area contributed by atoms with E-state index in [2.05, 4.69) is 10.6 Å². The van der Waals surface area contributed by atoms with Crippen molar-refractivity contribution in [3.8, 4) is 11.5 Å². The van der Waals surface area contributed by atoms with Crippen molar-refractivity contribution in [2.75, 3.05) is 19.5 Å². The van der Waals surface area contributed by atoms with E-state index in [4.69, 9.17) is 21.1 Å². The molecule has 2 amide bonds. The highest BCUT2D eigenvalue weighted by Gasteiger charge is 2.08. The minimum atomic E-state index is -0.403. The summed E-state index contributed by atoms with van der Waals surface area (Å²) in [5, 5.41) is 5.92. The fourth-order valence-corrected chi connectivity index (χ4v) is 2.09. The van der Waals surface area contributed by atoms with Gasteiger partial charge >= 0.3 is 6.03 Å². The summed E-state index contributed by atoms with van der Waals surface area (Å²) in [4.78, 5) is 12.0. The highest BCUT2D eigenvalue weighted by atomic mass is 35.5. The lowest BCUT2D eigenvalue weighted by molar-refractivity contribution is 0.255. The second-order valence-corrected chi connectivity index (χ2v) is 4.93. The molecule has 0 spiro atoms. The summed E-state index contributed by atoms with van der Waals surface area (Å²) in [6.07, 6.45) is 3.23. The van der Waals surface area contributed by atoms with Crippen LogP contribution in [0.3, 0.4) is 0 Å². The molecular weight excluding hydrogens is 316 g/mol. The van der Waals surface area contributed by atoms with Crippen LogP contribution in [0.1, 0.15) is 5.56 Å². The van der Waals surface area contributed by atoms with Gasteiger partial charge in [0, 0.05) is 17.3 Å². The fraction of sp³-hybridized carbons (Fsp3) is 0.118. The number of hydrogen-bond donors (Lipinski definition) is 2. The van der Waals surface area contributed by atoms with E-state index in [1.54, 1.807) is 37.5 Å². The molecule has 0 atom stereocenters. The Hall–Kier alpha value is -2.66. The number of halogens is 1. The van der Waals surface area contributed by atoms with Crippen LogP contribution in [-0.2, 0) is 0 Å². The van der Waals surface area contributed by atoms with Crippen molar-refractivity contribution >= 4 is 29.4 Å². The van der Waals surface area contributed by atoms with Gasteiger partial charge in [-0.15, -0.1) is 0 Å². The number of ether oxygens (including phenoxy) is 2. The number of carbonyl (C=O) groups excluding carboxylic acids is 1. The van der Waals surface area contributed by atoms with E-state index >= 15 is 0 Å². The summed E-state index contributed by atoms with van der Waals surface area (Å²) in [5.74, 6) is 1.16. The van der Waals surface area contributed by atoms with Crippen LogP contribution in [0.5, 0.6) is 11.5 Å². The SMILES string of the molecule is COc1ccc(OC)c(NC(=O)N/C=C/c2ccccc2Cl)c1. The molecule has 6 heteroatoms. The summed E-state index contributed by atoms with van der Waals surface area (Å²) < 4.78 is 10.3. The third kappa shape index (κ3) is 4.66. The van der Waals surface area contributed by atoms with Gasteiger partial charge in [-0.1, -0.05) is 29.8 Å². The van der Waals surface area contributed by atoms with Crippen LogP contribution in [0.4, 0.5) is 10.5 Å². The van der Waals surface area contributed by atoms with Gasteiger partial charge in [0.25, 0.3) is 0 Å². The molecule has 23 heavy (non-hydrogen) atoms. The molecule has 0 aliphatic rings. The molecule has 2 rings (SSSR count). The van der Waals surface area contributed by atoms with Gasteiger partial charge in [0.1, 0.15) is 11.5 Å². The van der Waals surface area contributed by atoms with Crippen LogP contribution in [-0.4, -0.2) is 20.3 Å². The first kappa shape index (κ1) is 16.7. The van der Waals surface area contributed by atoms with Gasteiger partial charge < -0.3 is 20.1 Å². The fourth-order valence-electron chi connectivity index (χ4n) is 1.89. The minimum absolute atomic E-state index is 0.403. The number of methoxy groups -OCH3 is 2. The highest BCUT2D eigenvalue weighted by molar-refractivity contribution is 6.32. The molecule has 2 aromatic rings. The number of rotatable bonds is 5. The van der Waals surface area contributed by atoms with E-state index in [9.17, 15) is 4.79 Å². The Morgan fingerprint density at radius 3 is 2.61 bits per heavy atom. The average molecular weight is 333 g/mol. The molecule has 0 aliphatic heterocycles. The van der Waals surface area contributed by atoms with Crippen molar-refractivity contribution in [2.45, 2.75) is 0 Å². The zero-order valence-corrected chi connectivity index (χ0v) is 13.6. The molecule has 0 radical (unpaired) electrons. The van der Waals surface area contributed by atoms with E-state index in [1.807, 2.05) is 18.2 Å². The molecule has 0 aliphatic carbocycles. The topological polar surface area (TPSA) is 59.6 Å². The van der Waals surface area contributed by atoms with E-state index in [0.717, 1.165) is 5.56 Å². The standard InChI is InChI=1S/C17H17ClN2O3/c1-22-13-7-8-16(23-2)15(11-13)20-17(21)19-10-9-12-5-3-4-6-14(12)18/h3-11H,1-2H3,(H2,19,20,21)/b10-9+. The summed E-state index contributed by atoms with van der Waals surface area (Å²) in [5.41, 5.74) is 1.32. The maximum Gasteiger partial charge on any atom is 0.323 e. The summed E-state index contributed by atoms with van der Waals surface area (Å²) in [7, 11) is 3.08. The zero-order valence-electron chi connectivity index (χ0n) is 12.8. The number of benzene rings is 2. The Balaban J connectivity index is 2.01. The van der Waals surface area contributed by atoms with Crippen LogP contribution >= 0.6 is 11.6 Å². The zero-order chi connectivity index (χ0) is 16.7. The van der Waals surface area contributed by atoms with Gasteiger partial charge in [0.05, 0.1) is 19.9 Å². The minimum Gasteiger partial charge on any atom is -0.497 e. The predicted molar refractivity (Wildman–Crippen MR) is 92.2 cm³/mol. The van der Waals surface area contributed by atoms with Crippen LogP contribution in [0.2, 0.25) is 5.02 Å². The van der Waals surface area contributed by atoms with Gasteiger partial charge in [-0.3, -0.25) is 0 Å². The van der Waals surface area contributed by atoms with Gasteiger partial charge in [-0.05, 0) is 29.8 Å². The van der Waals surface area contributed by atoms with Crippen LogP contribution in [0.25, 0.3) is 6.08 Å². The maximum atomic E-state index is 12.0. The molecule has 0 unspecified atom stereocenters. The Labute approximate surface area is 139 Å². The van der Waals surface area contributed by atoms with E-state index < -0.39 is 6.03 Å².